The molecule has 1 aromatic rings. The predicted octanol–water partition coefficient (Wildman–Crippen LogP) is -0.586. The maximum atomic E-state index is 12.3. The lowest BCUT2D eigenvalue weighted by atomic mass is 10.4. The Kier molecular flexibility index (Phi) is 6.50. The van der Waals surface area contributed by atoms with E-state index in [-0.39, 0.29) is 12.3 Å². The Morgan fingerprint density at radius 3 is 2.50 bits per heavy atom. The van der Waals surface area contributed by atoms with Crippen LogP contribution in [0.4, 0.5) is 10.7 Å². The second kappa shape index (κ2) is 8.60. The molecule has 2 N–H and O–H groups in total. The third-order valence-corrected chi connectivity index (χ3v) is 5.39. The molecule has 0 saturated carbocycles. The van der Waals surface area contributed by atoms with Crippen molar-refractivity contribution >= 4 is 22.0 Å². The summed E-state index contributed by atoms with van der Waals surface area (Å²) in [6.45, 7) is 5.71. The van der Waals surface area contributed by atoms with Crippen molar-refractivity contribution in [1.82, 2.24) is 24.9 Å². The fourth-order valence-electron chi connectivity index (χ4n) is 2.27. The summed E-state index contributed by atoms with van der Waals surface area (Å²) >= 11 is 0. The zero-order valence-corrected chi connectivity index (χ0v) is 14.2. The van der Waals surface area contributed by atoms with E-state index in [0.29, 0.717) is 38.7 Å². The second-order valence-electron chi connectivity index (χ2n) is 5.18. The number of sulfonamides is 1. The molecule has 24 heavy (non-hydrogen) atoms. The van der Waals surface area contributed by atoms with Gasteiger partial charge in [0.15, 0.2) is 0 Å². The van der Waals surface area contributed by atoms with Crippen LogP contribution in [0.15, 0.2) is 31.1 Å². The molecule has 132 valence electrons. The molecule has 0 aromatic carbocycles. The summed E-state index contributed by atoms with van der Waals surface area (Å²) in [5, 5.41) is 5.04. The number of piperazine rings is 1. The first-order valence-corrected chi connectivity index (χ1v) is 9.26. The molecule has 2 amide bonds. The molecule has 1 aliphatic rings. The zero-order valence-electron chi connectivity index (χ0n) is 13.4. The molecule has 1 fully saturated rings. The molecule has 2 rings (SSSR count). The van der Waals surface area contributed by atoms with Crippen LogP contribution in [0.2, 0.25) is 0 Å². The summed E-state index contributed by atoms with van der Waals surface area (Å²) in [7, 11) is -3.40. The van der Waals surface area contributed by atoms with Crippen molar-refractivity contribution in [2.24, 2.45) is 0 Å². The van der Waals surface area contributed by atoms with E-state index < -0.39 is 16.1 Å². The van der Waals surface area contributed by atoms with Crippen LogP contribution < -0.4 is 15.5 Å². The van der Waals surface area contributed by atoms with Crippen LogP contribution in [-0.2, 0) is 10.0 Å². The first-order valence-electron chi connectivity index (χ1n) is 7.65. The van der Waals surface area contributed by atoms with Crippen molar-refractivity contribution in [3.63, 3.8) is 0 Å². The highest BCUT2D eigenvalue weighted by molar-refractivity contribution is 7.89. The fourth-order valence-corrected chi connectivity index (χ4v) is 3.61. The number of hydrogen-bond donors (Lipinski definition) is 2. The van der Waals surface area contributed by atoms with E-state index in [1.165, 1.54) is 4.31 Å². The number of amides is 2. The van der Waals surface area contributed by atoms with Crippen LogP contribution in [0.1, 0.15) is 0 Å². The number of nitrogens with zero attached hydrogens (tertiary/aromatic N) is 4. The quantitative estimate of drug-likeness (QED) is 0.634. The standard InChI is InChI=1S/C14H22N6O3S/c1-2-4-17-14(21)18-7-12-24(22,23)20-10-8-19(9-11-20)13-15-5-3-6-16-13/h2-3,5-6H,1,4,7-12H2,(H2,17,18,21). The third kappa shape index (κ3) is 5.17. The van der Waals surface area contributed by atoms with Gasteiger partial charge in [-0.3, -0.25) is 0 Å². The van der Waals surface area contributed by atoms with E-state index >= 15 is 0 Å². The summed E-state index contributed by atoms with van der Waals surface area (Å²) in [6.07, 6.45) is 4.87. The van der Waals surface area contributed by atoms with E-state index in [1.54, 1.807) is 24.5 Å². The number of hydrogen-bond acceptors (Lipinski definition) is 6. The Bertz CT molecular complexity index is 644. The Morgan fingerprint density at radius 2 is 1.88 bits per heavy atom. The van der Waals surface area contributed by atoms with Gasteiger partial charge in [0.05, 0.1) is 5.75 Å². The molecule has 0 radical (unpaired) electrons. The third-order valence-electron chi connectivity index (χ3n) is 3.52. The first kappa shape index (κ1) is 18.1. The number of aromatic nitrogens is 2. The van der Waals surface area contributed by atoms with Gasteiger partial charge in [0.25, 0.3) is 0 Å². The Labute approximate surface area is 141 Å². The highest BCUT2D eigenvalue weighted by atomic mass is 32.2. The molecule has 0 spiro atoms. The van der Waals surface area contributed by atoms with Gasteiger partial charge >= 0.3 is 6.03 Å². The molecule has 1 aromatic heterocycles. The lowest BCUT2D eigenvalue weighted by molar-refractivity contribution is 0.242. The molecule has 9 nitrogen and oxygen atoms in total. The van der Waals surface area contributed by atoms with Crippen LogP contribution >= 0.6 is 0 Å². The summed E-state index contributed by atoms with van der Waals surface area (Å²) in [5.41, 5.74) is 0. The largest absolute Gasteiger partial charge is 0.338 e. The monoisotopic (exact) mass is 354 g/mol. The smallest absolute Gasteiger partial charge is 0.315 e. The predicted molar refractivity (Wildman–Crippen MR) is 91.2 cm³/mol. The van der Waals surface area contributed by atoms with Crippen molar-refractivity contribution in [1.29, 1.82) is 0 Å². The topological polar surface area (TPSA) is 108 Å². The van der Waals surface area contributed by atoms with Crippen molar-refractivity contribution in [3.8, 4) is 0 Å². The van der Waals surface area contributed by atoms with Gasteiger partial charge in [-0.1, -0.05) is 6.08 Å². The minimum atomic E-state index is -3.40. The van der Waals surface area contributed by atoms with Gasteiger partial charge in [-0.2, -0.15) is 4.31 Å². The van der Waals surface area contributed by atoms with Crippen molar-refractivity contribution in [3.05, 3.63) is 31.1 Å². The molecule has 1 aliphatic heterocycles. The van der Waals surface area contributed by atoms with E-state index in [0.717, 1.165) is 0 Å². The van der Waals surface area contributed by atoms with E-state index in [2.05, 4.69) is 27.2 Å². The van der Waals surface area contributed by atoms with Crippen LogP contribution in [0.3, 0.4) is 0 Å². The first-order chi connectivity index (χ1) is 11.5. The van der Waals surface area contributed by atoms with Crippen molar-refractivity contribution < 1.29 is 13.2 Å². The van der Waals surface area contributed by atoms with Crippen LogP contribution in [0.5, 0.6) is 0 Å². The van der Waals surface area contributed by atoms with Crippen molar-refractivity contribution in [2.45, 2.75) is 0 Å². The molecule has 10 heteroatoms. The normalized spacial score (nSPS) is 15.8. The summed E-state index contributed by atoms with van der Waals surface area (Å²) in [5.74, 6) is 0.478. The van der Waals surface area contributed by atoms with Gasteiger partial charge in [-0.15, -0.1) is 6.58 Å². The lowest BCUT2D eigenvalue weighted by Crippen LogP contribution is -2.50. The molecule has 2 heterocycles. The number of carbonyl (C=O) groups excluding carboxylic acids is 1. The van der Waals surface area contributed by atoms with Gasteiger partial charge in [0, 0.05) is 51.7 Å². The summed E-state index contributed by atoms with van der Waals surface area (Å²) in [4.78, 5) is 21.7. The number of urea groups is 1. The summed E-state index contributed by atoms with van der Waals surface area (Å²) in [6, 6.07) is 1.33. The highest BCUT2D eigenvalue weighted by Gasteiger charge is 2.27. The lowest BCUT2D eigenvalue weighted by Gasteiger charge is -2.33. The SMILES string of the molecule is C=CCNC(=O)NCCS(=O)(=O)N1CCN(c2ncccn2)CC1. The minimum Gasteiger partial charge on any atom is -0.338 e. The van der Waals surface area contributed by atoms with Gasteiger partial charge in [-0.05, 0) is 6.07 Å². The Hall–Kier alpha value is -2.20. The van der Waals surface area contributed by atoms with E-state index in [1.807, 2.05) is 4.90 Å². The van der Waals surface area contributed by atoms with E-state index in [4.69, 9.17) is 0 Å². The Balaban J connectivity index is 1.77. The number of nitrogens with one attached hydrogen (secondary N) is 2. The molecular formula is C14H22N6O3S. The van der Waals surface area contributed by atoms with Crippen LogP contribution in [0, 0.1) is 0 Å². The maximum Gasteiger partial charge on any atom is 0.315 e. The number of carbonyl (C=O) groups is 1. The molecule has 0 atom stereocenters. The highest BCUT2D eigenvalue weighted by Crippen LogP contribution is 2.12. The molecule has 1 saturated heterocycles. The van der Waals surface area contributed by atoms with Crippen molar-refractivity contribution in [2.75, 3.05) is 49.9 Å². The number of anilines is 1. The van der Waals surface area contributed by atoms with Crippen LogP contribution in [0.25, 0.3) is 0 Å². The number of rotatable bonds is 7. The average molecular weight is 354 g/mol. The van der Waals surface area contributed by atoms with Gasteiger partial charge in [0.1, 0.15) is 0 Å². The second-order valence-corrected chi connectivity index (χ2v) is 7.26. The van der Waals surface area contributed by atoms with Gasteiger partial charge < -0.3 is 15.5 Å². The summed E-state index contributed by atoms with van der Waals surface area (Å²) < 4.78 is 26.1. The molecule has 0 aliphatic carbocycles. The zero-order chi connectivity index (χ0) is 17.4. The molecular weight excluding hydrogens is 332 g/mol. The molecule has 0 bridgehead atoms. The fraction of sp³-hybridized carbons (Fsp3) is 0.500. The van der Waals surface area contributed by atoms with Crippen LogP contribution in [-0.4, -0.2) is 73.7 Å². The van der Waals surface area contributed by atoms with E-state index in [9.17, 15) is 13.2 Å². The maximum absolute atomic E-state index is 12.3. The van der Waals surface area contributed by atoms with Gasteiger partial charge in [0.2, 0.25) is 16.0 Å². The van der Waals surface area contributed by atoms with Gasteiger partial charge in [-0.25, -0.2) is 23.2 Å². The minimum absolute atomic E-state index is 0.0628. The molecule has 0 unspecified atom stereocenters. The Morgan fingerprint density at radius 1 is 1.21 bits per heavy atom. The average Bonchev–Trinajstić information content (AvgIpc) is 2.60.